The molecule has 8 heteroatoms. The van der Waals surface area contributed by atoms with Gasteiger partial charge in [0.15, 0.2) is 0 Å². The van der Waals surface area contributed by atoms with E-state index in [0.717, 1.165) is 0 Å². The Morgan fingerprint density at radius 1 is 0.625 bits per heavy atom. The van der Waals surface area contributed by atoms with Gasteiger partial charge in [-0.2, -0.15) is 0 Å². The SMILES string of the molecule is O.O.[O]=[Ti]=[O].[O]=[Ti]=[O]. The maximum absolute atomic E-state index is 8.50. The molecule has 4 N–H and O–H groups in total. The molecule has 0 aromatic rings. The van der Waals surface area contributed by atoms with Crippen molar-refractivity contribution >= 4 is 0 Å². The van der Waals surface area contributed by atoms with Crippen LogP contribution >= 0.6 is 0 Å². The van der Waals surface area contributed by atoms with Crippen molar-refractivity contribution < 1.29 is 62.4 Å². The van der Waals surface area contributed by atoms with Gasteiger partial charge in [-0.25, -0.2) is 0 Å². The van der Waals surface area contributed by atoms with Crippen molar-refractivity contribution in [1.82, 2.24) is 0 Å². The third-order valence-corrected chi connectivity index (χ3v) is 0. The van der Waals surface area contributed by atoms with E-state index in [1.165, 1.54) is 0 Å². The summed E-state index contributed by atoms with van der Waals surface area (Å²) >= 11 is -4.00. The molecule has 0 rings (SSSR count). The quantitative estimate of drug-likeness (QED) is 0.409. The monoisotopic (exact) mass is 196 g/mol. The van der Waals surface area contributed by atoms with Gasteiger partial charge in [-0.05, 0) is 0 Å². The number of hydrogen-bond acceptors (Lipinski definition) is 4. The summed E-state index contributed by atoms with van der Waals surface area (Å²) in [5.74, 6) is 0. The number of rotatable bonds is 0. The summed E-state index contributed by atoms with van der Waals surface area (Å²) in [7, 11) is 0. The molecule has 0 aromatic heterocycles. The zero-order valence-corrected chi connectivity index (χ0v) is 6.76. The summed E-state index contributed by atoms with van der Waals surface area (Å²) in [4.78, 5) is 0. The minimum absolute atomic E-state index is 0. The fraction of sp³-hybridized carbons (Fsp3) is 0. The normalized spacial score (nSPS) is 2.00. The Morgan fingerprint density at radius 3 is 0.625 bits per heavy atom. The van der Waals surface area contributed by atoms with Crippen LogP contribution in [0.5, 0.6) is 0 Å². The van der Waals surface area contributed by atoms with Crippen LogP contribution in [-0.4, -0.2) is 11.0 Å². The molecule has 0 aromatic carbocycles. The van der Waals surface area contributed by atoms with Crippen molar-refractivity contribution in [3.05, 3.63) is 0 Å². The van der Waals surface area contributed by atoms with Gasteiger partial charge in [0.1, 0.15) is 0 Å². The molecule has 0 aliphatic rings. The Hall–Kier alpha value is 0.549. The van der Waals surface area contributed by atoms with Crippen molar-refractivity contribution in [2.24, 2.45) is 0 Å². The topological polar surface area (TPSA) is 131 Å². The minimum atomic E-state index is -2.00. The summed E-state index contributed by atoms with van der Waals surface area (Å²) in [6.07, 6.45) is 0. The molecule has 48 valence electrons. The number of hydrogen-bond donors (Lipinski definition) is 0. The first-order valence-electron chi connectivity index (χ1n) is 0.816. The van der Waals surface area contributed by atoms with E-state index in [-0.39, 0.29) is 11.0 Å². The Labute approximate surface area is 62.4 Å². The summed E-state index contributed by atoms with van der Waals surface area (Å²) in [5.41, 5.74) is 0. The standard InChI is InChI=1S/2H2O.4O.2Ti/h2*1H2;;;;;;. The third-order valence-electron chi connectivity index (χ3n) is 0. The predicted octanol–water partition coefficient (Wildman–Crippen LogP) is -2.13. The van der Waals surface area contributed by atoms with Crippen molar-refractivity contribution in [3.63, 3.8) is 0 Å². The van der Waals surface area contributed by atoms with Crippen LogP contribution in [0, 0.1) is 0 Å². The van der Waals surface area contributed by atoms with E-state index in [9.17, 15) is 0 Å². The van der Waals surface area contributed by atoms with Crippen LogP contribution in [0.15, 0.2) is 0 Å². The van der Waals surface area contributed by atoms with Crippen molar-refractivity contribution in [3.8, 4) is 0 Å². The molecule has 0 unspecified atom stereocenters. The van der Waals surface area contributed by atoms with Gasteiger partial charge in [0.05, 0.1) is 0 Å². The molecule has 0 aliphatic carbocycles. The van der Waals surface area contributed by atoms with E-state index < -0.39 is 38.2 Å². The van der Waals surface area contributed by atoms with Crippen LogP contribution in [-0.2, 0) is 51.5 Å². The molecule has 0 atom stereocenters. The molecule has 0 radical (unpaired) electrons. The average Bonchev–Trinajstić information content (AvgIpc) is 1.39. The van der Waals surface area contributed by atoms with Crippen LogP contribution in [0.3, 0.4) is 0 Å². The fourth-order valence-corrected chi connectivity index (χ4v) is 0. The van der Waals surface area contributed by atoms with Gasteiger partial charge < -0.3 is 11.0 Å². The molecule has 0 fully saturated rings. The molecular weight excluding hydrogens is 192 g/mol. The Morgan fingerprint density at radius 2 is 0.625 bits per heavy atom. The molecule has 0 heterocycles. The van der Waals surface area contributed by atoms with Crippen molar-refractivity contribution in [2.45, 2.75) is 0 Å². The van der Waals surface area contributed by atoms with Crippen LogP contribution in [0.25, 0.3) is 0 Å². The second-order valence-electron chi connectivity index (χ2n) is 0.167. The van der Waals surface area contributed by atoms with Crippen molar-refractivity contribution in [2.75, 3.05) is 0 Å². The molecule has 0 saturated heterocycles. The van der Waals surface area contributed by atoms with Crippen LogP contribution < -0.4 is 0 Å². The fourth-order valence-electron chi connectivity index (χ4n) is 0. The molecule has 0 saturated carbocycles. The molecule has 0 amide bonds. The first-order valence-corrected chi connectivity index (χ1v) is 3.37. The van der Waals surface area contributed by atoms with Gasteiger partial charge in [0.2, 0.25) is 0 Å². The summed E-state index contributed by atoms with van der Waals surface area (Å²) < 4.78 is 34.0. The second-order valence-corrected chi connectivity index (χ2v) is 0.687. The second kappa shape index (κ2) is 49.8. The summed E-state index contributed by atoms with van der Waals surface area (Å²) in [5, 5.41) is 0. The van der Waals surface area contributed by atoms with E-state index in [4.69, 9.17) is 13.3 Å². The van der Waals surface area contributed by atoms with E-state index >= 15 is 0 Å². The Balaban J connectivity index is -0.0000000160. The van der Waals surface area contributed by atoms with Crippen LogP contribution in [0.1, 0.15) is 0 Å². The zero-order valence-electron chi connectivity index (χ0n) is 3.63. The zero-order chi connectivity index (χ0) is 5.41. The molecule has 0 bridgehead atoms. The average molecular weight is 196 g/mol. The summed E-state index contributed by atoms with van der Waals surface area (Å²) in [6.45, 7) is 0. The summed E-state index contributed by atoms with van der Waals surface area (Å²) in [6, 6.07) is 0. The van der Waals surface area contributed by atoms with Gasteiger partial charge in [-0.1, -0.05) is 0 Å². The van der Waals surface area contributed by atoms with Gasteiger partial charge in [-0.15, -0.1) is 0 Å². The van der Waals surface area contributed by atoms with E-state index in [2.05, 4.69) is 0 Å². The van der Waals surface area contributed by atoms with Gasteiger partial charge >= 0.3 is 51.5 Å². The molecule has 0 aliphatic heterocycles. The first kappa shape index (κ1) is 23.5. The Kier molecular flexibility index (Phi) is 147. The van der Waals surface area contributed by atoms with Crippen molar-refractivity contribution in [1.29, 1.82) is 0 Å². The van der Waals surface area contributed by atoms with Crippen LogP contribution in [0.4, 0.5) is 0 Å². The van der Waals surface area contributed by atoms with Gasteiger partial charge in [-0.3, -0.25) is 0 Å². The van der Waals surface area contributed by atoms with Gasteiger partial charge in [0, 0.05) is 0 Å². The third kappa shape index (κ3) is 670. The first-order chi connectivity index (χ1) is 2.83. The molecule has 8 heavy (non-hydrogen) atoms. The molecule has 6 nitrogen and oxygen atoms in total. The predicted molar refractivity (Wildman–Crippen MR) is 9.97 cm³/mol. The van der Waals surface area contributed by atoms with Crippen LogP contribution in [0.2, 0.25) is 0 Å². The van der Waals surface area contributed by atoms with E-state index in [1.54, 1.807) is 0 Å². The Bertz CT molecular complexity index is 60.5. The molecule has 0 spiro atoms. The van der Waals surface area contributed by atoms with Gasteiger partial charge in [0.25, 0.3) is 0 Å². The van der Waals surface area contributed by atoms with E-state index in [0.29, 0.717) is 0 Å². The van der Waals surface area contributed by atoms with E-state index in [1.807, 2.05) is 0 Å². The maximum atomic E-state index is 8.50. The molecular formula is H4O6Ti2.